The fourth-order valence-electron chi connectivity index (χ4n) is 4.58. The molecule has 0 radical (unpaired) electrons. The molecule has 0 spiro atoms. The average Bonchev–Trinajstić information content (AvgIpc) is 3.31. The summed E-state index contributed by atoms with van der Waals surface area (Å²) in [5.74, 6) is 3.22. The molecule has 2 saturated heterocycles. The van der Waals surface area contributed by atoms with Crippen LogP contribution in [-0.2, 0) is 4.79 Å². The third-order valence-corrected chi connectivity index (χ3v) is 7.51. The first-order valence-electron chi connectivity index (χ1n) is 9.45. The van der Waals surface area contributed by atoms with Gasteiger partial charge in [0.1, 0.15) is 0 Å². The Morgan fingerprint density at radius 1 is 1.08 bits per heavy atom. The van der Waals surface area contributed by atoms with E-state index in [9.17, 15) is 4.79 Å². The van der Waals surface area contributed by atoms with Gasteiger partial charge in [0.2, 0.25) is 5.91 Å². The van der Waals surface area contributed by atoms with Crippen molar-refractivity contribution in [1.29, 1.82) is 0 Å². The molecule has 3 aliphatic rings. The number of carbonyl (C=O) groups is 1. The zero-order valence-corrected chi connectivity index (χ0v) is 15.1. The molecule has 3 fully saturated rings. The zero-order valence-electron chi connectivity index (χ0n) is 14.3. The fourth-order valence-corrected chi connectivity index (χ4v) is 6.18. The maximum Gasteiger partial charge on any atom is 0.225 e. The molecule has 0 bridgehead atoms. The van der Waals surface area contributed by atoms with Gasteiger partial charge >= 0.3 is 0 Å². The monoisotopic (exact) mass is 344 g/mol. The van der Waals surface area contributed by atoms with E-state index < -0.39 is 0 Å². The number of nitrogens with two attached hydrogens (primary N) is 1. The van der Waals surface area contributed by atoms with Gasteiger partial charge in [-0.15, -0.1) is 0 Å². The summed E-state index contributed by atoms with van der Waals surface area (Å²) in [5.41, 5.74) is 7.51. The molecule has 1 aromatic rings. The molecule has 5 unspecified atom stereocenters. The van der Waals surface area contributed by atoms with Crippen LogP contribution in [0.3, 0.4) is 0 Å². The minimum atomic E-state index is 0.284. The first-order valence-corrected chi connectivity index (χ1v) is 10.5. The molecule has 1 saturated carbocycles. The molecular weight excluding hydrogens is 316 g/mol. The highest BCUT2D eigenvalue weighted by Crippen LogP contribution is 2.57. The minimum absolute atomic E-state index is 0.284. The van der Waals surface area contributed by atoms with E-state index in [1.807, 2.05) is 0 Å². The maximum absolute atomic E-state index is 12.9. The van der Waals surface area contributed by atoms with E-state index in [2.05, 4.69) is 47.0 Å². The van der Waals surface area contributed by atoms with Crippen molar-refractivity contribution in [3.63, 3.8) is 0 Å². The van der Waals surface area contributed by atoms with Crippen LogP contribution in [-0.4, -0.2) is 35.7 Å². The van der Waals surface area contributed by atoms with Crippen LogP contribution >= 0.6 is 11.8 Å². The van der Waals surface area contributed by atoms with Gasteiger partial charge in [-0.1, -0.05) is 30.3 Å². The van der Waals surface area contributed by atoms with Crippen LogP contribution in [0.4, 0.5) is 0 Å². The Kier molecular flexibility index (Phi) is 4.86. The van der Waals surface area contributed by atoms with Crippen molar-refractivity contribution in [2.45, 2.75) is 43.4 Å². The Morgan fingerprint density at radius 3 is 2.75 bits per heavy atom. The van der Waals surface area contributed by atoms with Gasteiger partial charge in [-0.2, -0.15) is 11.8 Å². The van der Waals surface area contributed by atoms with Crippen LogP contribution in [0.5, 0.6) is 0 Å². The molecule has 130 valence electrons. The highest BCUT2D eigenvalue weighted by Gasteiger charge is 2.52. The van der Waals surface area contributed by atoms with Gasteiger partial charge in [-0.25, -0.2) is 0 Å². The molecule has 2 heterocycles. The Labute approximate surface area is 149 Å². The molecule has 24 heavy (non-hydrogen) atoms. The number of carbonyl (C=O) groups excluding carboxylic acids is 1. The molecular formula is C20H28N2OS. The largest absolute Gasteiger partial charge is 0.342 e. The lowest BCUT2D eigenvalue weighted by molar-refractivity contribution is -0.133. The summed E-state index contributed by atoms with van der Waals surface area (Å²) >= 11 is 2.08. The summed E-state index contributed by atoms with van der Waals surface area (Å²) in [4.78, 5) is 15.0. The zero-order chi connectivity index (χ0) is 16.5. The van der Waals surface area contributed by atoms with Crippen LogP contribution in [0, 0.1) is 17.8 Å². The molecule has 3 nitrogen and oxygen atoms in total. The van der Waals surface area contributed by atoms with E-state index >= 15 is 0 Å². The molecule has 0 aromatic heterocycles. The van der Waals surface area contributed by atoms with Gasteiger partial charge in [-0.3, -0.25) is 4.79 Å². The molecule has 4 rings (SSSR count). The minimum Gasteiger partial charge on any atom is -0.342 e. The number of rotatable bonds is 3. The summed E-state index contributed by atoms with van der Waals surface area (Å²) < 4.78 is 0. The molecule has 1 aliphatic carbocycles. The predicted octanol–water partition coefficient (Wildman–Crippen LogP) is 3.46. The Morgan fingerprint density at radius 2 is 1.92 bits per heavy atom. The lowest BCUT2D eigenvalue weighted by atomic mass is 9.91. The Bertz CT molecular complexity index is 578. The van der Waals surface area contributed by atoms with E-state index in [0.29, 0.717) is 23.0 Å². The molecule has 2 aliphatic heterocycles. The van der Waals surface area contributed by atoms with E-state index in [-0.39, 0.29) is 12.0 Å². The normalized spacial score (nSPS) is 36.4. The highest BCUT2D eigenvalue weighted by atomic mass is 32.2. The van der Waals surface area contributed by atoms with E-state index in [0.717, 1.165) is 38.8 Å². The summed E-state index contributed by atoms with van der Waals surface area (Å²) in [6, 6.07) is 11.2. The molecule has 2 N–H and O–H groups in total. The first kappa shape index (κ1) is 16.5. The second-order valence-corrected chi connectivity index (χ2v) is 8.93. The Balaban J connectivity index is 1.39. The number of nitrogens with zero attached hydrogens (tertiary/aromatic N) is 1. The maximum atomic E-state index is 12.9. The number of amides is 1. The standard InChI is InChI=1S/C20H28N2OS/c21-15-7-4-10-22(11-8-15)20(23)18-13-17(18)16-9-12-24-19(16)14-5-2-1-3-6-14/h1-3,5-6,15-19H,4,7-13,21H2. The fraction of sp³-hybridized carbons (Fsp3) is 0.650. The van der Waals surface area contributed by atoms with Crippen molar-refractivity contribution in [2.75, 3.05) is 18.8 Å². The second-order valence-electron chi connectivity index (χ2n) is 7.68. The summed E-state index contributed by atoms with van der Waals surface area (Å²) in [6.07, 6.45) is 5.47. The van der Waals surface area contributed by atoms with Crippen LogP contribution in [0.25, 0.3) is 0 Å². The molecule has 1 amide bonds. The van der Waals surface area contributed by atoms with Crippen molar-refractivity contribution in [3.8, 4) is 0 Å². The Hall–Kier alpha value is -1.00. The SMILES string of the molecule is NC1CCCN(C(=O)C2CC2C2CCSC2c2ccccc2)CC1. The molecule has 4 heteroatoms. The molecule has 5 atom stereocenters. The summed E-state index contributed by atoms with van der Waals surface area (Å²) in [7, 11) is 0. The van der Waals surface area contributed by atoms with Crippen LogP contribution < -0.4 is 5.73 Å². The lowest BCUT2D eigenvalue weighted by Gasteiger charge is -2.23. The van der Waals surface area contributed by atoms with E-state index in [4.69, 9.17) is 5.73 Å². The van der Waals surface area contributed by atoms with Crippen LogP contribution in [0.1, 0.15) is 42.9 Å². The van der Waals surface area contributed by atoms with Gasteiger partial charge < -0.3 is 10.6 Å². The quantitative estimate of drug-likeness (QED) is 0.913. The van der Waals surface area contributed by atoms with Crippen molar-refractivity contribution in [3.05, 3.63) is 35.9 Å². The topological polar surface area (TPSA) is 46.3 Å². The van der Waals surface area contributed by atoms with Gasteiger partial charge in [-0.05, 0) is 55.3 Å². The number of hydrogen-bond donors (Lipinski definition) is 1. The first-order chi connectivity index (χ1) is 11.7. The van der Waals surface area contributed by atoms with E-state index in [1.54, 1.807) is 0 Å². The smallest absolute Gasteiger partial charge is 0.225 e. The summed E-state index contributed by atoms with van der Waals surface area (Å²) in [6.45, 7) is 1.78. The van der Waals surface area contributed by atoms with Gasteiger partial charge in [0.15, 0.2) is 0 Å². The number of likely N-dealkylation sites (tertiary alicyclic amines) is 1. The highest BCUT2D eigenvalue weighted by molar-refractivity contribution is 7.99. The van der Waals surface area contributed by atoms with Crippen LogP contribution in [0.2, 0.25) is 0 Å². The number of benzene rings is 1. The molecule has 1 aromatic carbocycles. The lowest BCUT2D eigenvalue weighted by Crippen LogP contribution is -2.34. The van der Waals surface area contributed by atoms with E-state index in [1.165, 1.54) is 17.7 Å². The predicted molar refractivity (Wildman–Crippen MR) is 99.8 cm³/mol. The van der Waals surface area contributed by atoms with Crippen LogP contribution in [0.15, 0.2) is 30.3 Å². The number of thioether (sulfide) groups is 1. The van der Waals surface area contributed by atoms with Gasteiger partial charge in [0, 0.05) is 30.3 Å². The van der Waals surface area contributed by atoms with Crippen molar-refractivity contribution in [2.24, 2.45) is 23.5 Å². The average molecular weight is 345 g/mol. The third-order valence-electron chi connectivity index (χ3n) is 6.06. The number of hydrogen-bond acceptors (Lipinski definition) is 3. The summed E-state index contributed by atoms with van der Waals surface area (Å²) in [5, 5.41) is 0.589. The van der Waals surface area contributed by atoms with Crippen molar-refractivity contribution < 1.29 is 4.79 Å². The van der Waals surface area contributed by atoms with Crippen molar-refractivity contribution in [1.82, 2.24) is 4.90 Å². The van der Waals surface area contributed by atoms with Crippen molar-refractivity contribution >= 4 is 17.7 Å². The third kappa shape index (κ3) is 3.36. The van der Waals surface area contributed by atoms with Gasteiger partial charge in [0.05, 0.1) is 0 Å². The second kappa shape index (κ2) is 7.09. The van der Waals surface area contributed by atoms with Gasteiger partial charge in [0.25, 0.3) is 0 Å².